The van der Waals surface area contributed by atoms with E-state index in [4.69, 9.17) is 5.73 Å². The number of carbonyl (C=O) groups is 1. The summed E-state index contributed by atoms with van der Waals surface area (Å²) in [6.07, 6.45) is 0. The molecule has 0 spiro atoms. The molecular weight excluding hydrogens is 365 g/mol. The molecule has 0 saturated carbocycles. The van der Waals surface area contributed by atoms with Crippen molar-refractivity contribution in [2.75, 3.05) is 29.9 Å². The summed E-state index contributed by atoms with van der Waals surface area (Å²) < 4.78 is 0. The fourth-order valence-electron chi connectivity index (χ4n) is 2.38. The molecule has 1 aromatic rings. The van der Waals surface area contributed by atoms with Crippen molar-refractivity contribution in [3.63, 3.8) is 0 Å². The topological polar surface area (TPSA) is 58.4 Å². The van der Waals surface area contributed by atoms with E-state index in [2.05, 4.69) is 22.3 Å². The number of hydrogen-bond donors (Lipinski definition) is 2. The molecule has 7 heteroatoms. The molecule has 1 aliphatic heterocycles. The van der Waals surface area contributed by atoms with Crippen LogP contribution in [0.3, 0.4) is 0 Å². The summed E-state index contributed by atoms with van der Waals surface area (Å²) >= 11 is 2.01. The lowest BCUT2D eigenvalue weighted by Crippen LogP contribution is -2.45. The van der Waals surface area contributed by atoms with Crippen LogP contribution in [0.2, 0.25) is 0 Å². The number of rotatable bonds is 4. The molecule has 3 N–H and O–H groups in total. The Morgan fingerprint density at radius 1 is 1.29 bits per heavy atom. The molecule has 138 valence electrons. The summed E-state index contributed by atoms with van der Waals surface area (Å²) in [7, 11) is 0. The van der Waals surface area contributed by atoms with Crippen LogP contribution in [0, 0.1) is 5.41 Å². The highest BCUT2D eigenvalue weighted by molar-refractivity contribution is 7.99. The van der Waals surface area contributed by atoms with Crippen molar-refractivity contribution in [1.82, 2.24) is 4.90 Å². The van der Waals surface area contributed by atoms with Crippen molar-refractivity contribution in [3.8, 4) is 0 Å². The Morgan fingerprint density at radius 3 is 2.50 bits per heavy atom. The first-order chi connectivity index (χ1) is 10.4. The molecule has 1 heterocycles. The molecular formula is C17H29Cl2N3OS. The first kappa shape index (κ1) is 23.5. The number of anilines is 1. The van der Waals surface area contributed by atoms with Gasteiger partial charge in [-0.1, -0.05) is 32.9 Å². The molecule has 0 bridgehead atoms. The van der Waals surface area contributed by atoms with Crippen molar-refractivity contribution in [3.05, 3.63) is 29.8 Å². The summed E-state index contributed by atoms with van der Waals surface area (Å²) in [5.41, 5.74) is 7.82. The van der Waals surface area contributed by atoms with Crippen molar-refractivity contribution < 1.29 is 4.79 Å². The zero-order valence-electron chi connectivity index (χ0n) is 14.6. The number of amides is 1. The highest BCUT2D eigenvalue weighted by Gasteiger charge is 2.27. The Hall–Kier alpha value is -0.460. The number of halogens is 2. The molecule has 0 radical (unpaired) electrons. The number of nitrogens with two attached hydrogens (primary N) is 1. The largest absolute Gasteiger partial charge is 0.325 e. The SMILES string of the molecule is CC(C)(C)[C@H](N)C(=O)Nc1cccc(CN2CCSCC2)c1.Cl.Cl. The van der Waals surface area contributed by atoms with Crippen molar-refractivity contribution in [2.45, 2.75) is 33.4 Å². The minimum atomic E-state index is -0.518. The van der Waals surface area contributed by atoms with Crippen LogP contribution in [0.25, 0.3) is 0 Å². The van der Waals surface area contributed by atoms with Gasteiger partial charge in [-0.3, -0.25) is 9.69 Å². The van der Waals surface area contributed by atoms with E-state index >= 15 is 0 Å². The summed E-state index contributed by atoms with van der Waals surface area (Å²) in [5, 5.41) is 2.94. The molecule has 2 rings (SSSR count). The fraction of sp³-hybridized carbons (Fsp3) is 0.588. The van der Waals surface area contributed by atoms with Gasteiger partial charge in [0, 0.05) is 36.8 Å². The summed E-state index contributed by atoms with van der Waals surface area (Å²) in [6, 6.07) is 7.56. The standard InChI is InChI=1S/C17H27N3OS.2ClH/c1-17(2,3)15(18)16(21)19-14-6-4-5-13(11-14)12-20-7-9-22-10-8-20;;/h4-6,11,15H,7-10,12,18H2,1-3H3,(H,19,21);2*1H/t15-;;/m1../s1. The van der Waals surface area contributed by atoms with Gasteiger partial charge in [-0.05, 0) is 23.1 Å². The lowest BCUT2D eigenvalue weighted by Gasteiger charge is -2.27. The zero-order chi connectivity index (χ0) is 16.2. The Labute approximate surface area is 162 Å². The predicted molar refractivity (Wildman–Crippen MR) is 110 cm³/mol. The molecule has 1 fully saturated rings. The fourth-order valence-corrected chi connectivity index (χ4v) is 3.36. The molecule has 1 atom stereocenters. The van der Waals surface area contributed by atoms with Crippen LogP contribution in [-0.4, -0.2) is 41.4 Å². The van der Waals surface area contributed by atoms with E-state index in [1.165, 1.54) is 17.1 Å². The number of nitrogens with one attached hydrogen (secondary N) is 1. The van der Waals surface area contributed by atoms with Crippen LogP contribution in [0.5, 0.6) is 0 Å². The van der Waals surface area contributed by atoms with Crippen LogP contribution in [0.1, 0.15) is 26.3 Å². The Kier molecular flexibility index (Phi) is 10.3. The Morgan fingerprint density at radius 2 is 1.92 bits per heavy atom. The first-order valence-corrected chi connectivity index (χ1v) is 8.97. The third-order valence-corrected chi connectivity index (χ3v) is 4.86. The summed E-state index contributed by atoms with van der Waals surface area (Å²) in [6.45, 7) is 9.13. The number of carbonyl (C=O) groups excluding carboxylic acids is 1. The monoisotopic (exact) mass is 393 g/mol. The van der Waals surface area contributed by atoms with Gasteiger partial charge in [0.25, 0.3) is 0 Å². The second-order valence-corrected chi connectivity index (χ2v) is 8.15. The maximum Gasteiger partial charge on any atom is 0.241 e. The van der Waals surface area contributed by atoms with Crippen molar-refractivity contribution in [1.29, 1.82) is 0 Å². The third kappa shape index (κ3) is 7.19. The maximum absolute atomic E-state index is 12.2. The zero-order valence-corrected chi connectivity index (χ0v) is 17.0. The first-order valence-electron chi connectivity index (χ1n) is 7.82. The van der Waals surface area contributed by atoms with Gasteiger partial charge < -0.3 is 11.1 Å². The minimum Gasteiger partial charge on any atom is -0.325 e. The van der Waals surface area contributed by atoms with Crippen LogP contribution in [0.15, 0.2) is 24.3 Å². The van der Waals surface area contributed by atoms with Gasteiger partial charge >= 0.3 is 0 Å². The van der Waals surface area contributed by atoms with E-state index in [1.54, 1.807) is 0 Å². The quantitative estimate of drug-likeness (QED) is 0.822. The van der Waals surface area contributed by atoms with Gasteiger partial charge in [0.2, 0.25) is 5.91 Å². The van der Waals surface area contributed by atoms with E-state index < -0.39 is 6.04 Å². The molecule has 24 heavy (non-hydrogen) atoms. The van der Waals surface area contributed by atoms with Crippen LogP contribution >= 0.6 is 36.6 Å². The maximum atomic E-state index is 12.2. The van der Waals surface area contributed by atoms with Gasteiger partial charge in [0.05, 0.1) is 6.04 Å². The van der Waals surface area contributed by atoms with Crippen LogP contribution in [-0.2, 0) is 11.3 Å². The Balaban J connectivity index is 0.00000264. The highest BCUT2D eigenvalue weighted by atomic mass is 35.5. The molecule has 1 saturated heterocycles. The molecule has 0 aromatic heterocycles. The highest BCUT2D eigenvalue weighted by Crippen LogP contribution is 2.20. The summed E-state index contributed by atoms with van der Waals surface area (Å²) in [5.74, 6) is 2.28. The number of thioether (sulfide) groups is 1. The molecule has 4 nitrogen and oxygen atoms in total. The van der Waals surface area contributed by atoms with E-state index in [9.17, 15) is 4.79 Å². The van der Waals surface area contributed by atoms with Crippen molar-refractivity contribution in [2.24, 2.45) is 11.1 Å². The van der Waals surface area contributed by atoms with E-state index in [-0.39, 0.29) is 36.1 Å². The van der Waals surface area contributed by atoms with E-state index in [1.807, 2.05) is 44.7 Å². The number of nitrogens with zero attached hydrogens (tertiary/aromatic N) is 1. The molecule has 1 amide bonds. The average Bonchev–Trinajstić information content (AvgIpc) is 2.47. The minimum absolute atomic E-state index is 0. The molecule has 0 aliphatic carbocycles. The van der Waals surface area contributed by atoms with Crippen LogP contribution < -0.4 is 11.1 Å². The normalized spacial score (nSPS) is 16.5. The van der Waals surface area contributed by atoms with Gasteiger partial charge in [0.15, 0.2) is 0 Å². The van der Waals surface area contributed by atoms with Gasteiger partial charge in [0.1, 0.15) is 0 Å². The third-order valence-electron chi connectivity index (χ3n) is 3.92. The van der Waals surface area contributed by atoms with Gasteiger partial charge in [-0.15, -0.1) is 24.8 Å². The second-order valence-electron chi connectivity index (χ2n) is 6.92. The summed E-state index contributed by atoms with van der Waals surface area (Å²) in [4.78, 5) is 14.7. The van der Waals surface area contributed by atoms with Gasteiger partial charge in [-0.2, -0.15) is 11.8 Å². The van der Waals surface area contributed by atoms with Crippen molar-refractivity contribution >= 4 is 48.2 Å². The van der Waals surface area contributed by atoms with E-state index in [0.29, 0.717) is 0 Å². The predicted octanol–water partition coefficient (Wildman–Crippen LogP) is 3.39. The molecule has 0 unspecified atom stereocenters. The van der Waals surface area contributed by atoms with Gasteiger partial charge in [-0.25, -0.2) is 0 Å². The lowest BCUT2D eigenvalue weighted by atomic mass is 9.87. The molecule has 1 aliphatic rings. The van der Waals surface area contributed by atoms with Crippen LogP contribution in [0.4, 0.5) is 5.69 Å². The molecule has 1 aromatic carbocycles. The lowest BCUT2D eigenvalue weighted by molar-refractivity contribution is -0.119. The smallest absolute Gasteiger partial charge is 0.241 e. The Bertz CT molecular complexity index is 517. The van der Waals surface area contributed by atoms with E-state index in [0.717, 1.165) is 25.3 Å². The number of hydrogen-bond acceptors (Lipinski definition) is 4. The number of benzene rings is 1. The average molecular weight is 394 g/mol. The second kappa shape index (κ2) is 10.5.